The smallest absolute Gasteiger partial charge is 0.341 e. The SMILES string of the molecule is COC(=O)/C(C=O)=C/C(Br)=C\N(C)CC1CC1. The third-order valence-electron chi connectivity index (χ3n) is 2.43. The highest BCUT2D eigenvalue weighted by Crippen LogP contribution is 2.29. The molecule has 1 fully saturated rings. The van der Waals surface area contributed by atoms with Gasteiger partial charge in [0.1, 0.15) is 5.57 Å². The number of allylic oxidation sites excluding steroid dienone is 2. The molecule has 0 spiro atoms. The lowest BCUT2D eigenvalue weighted by molar-refractivity contribution is -0.136. The van der Waals surface area contributed by atoms with Gasteiger partial charge < -0.3 is 9.64 Å². The molecule has 0 heterocycles. The lowest BCUT2D eigenvalue weighted by Crippen LogP contribution is -2.14. The van der Waals surface area contributed by atoms with Gasteiger partial charge in [0, 0.05) is 24.3 Å². The predicted molar refractivity (Wildman–Crippen MR) is 68.5 cm³/mol. The van der Waals surface area contributed by atoms with E-state index in [4.69, 9.17) is 0 Å². The number of aldehydes is 1. The summed E-state index contributed by atoms with van der Waals surface area (Å²) in [6.07, 6.45) is 6.37. The molecule has 0 saturated heterocycles. The van der Waals surface area contributed by atoms with Crippen LogP contribution in [0.25, 0.3) is 0 Å². The van der Waals surface area contributed by atoms with Crippen molar-refractivity contribution >= 4 is 28.2 Å². The molecule has 1 rings (SSSR count). The first-order chi connectivity index (χ1) is 8.06. The van der Waals surface area contributed by atoms with Crippen LogP contribution in [0.5, 0.6) is 0 Å². The van der Waals surface area contributed by atoms with Crippen LogP contribution in [0.4, 0.5) is 0 Å². The summed E-state index contributed by atoms with van der Waals surface area (Å²) >= 11 is 3.30. The normalized spacial score (nSPS) is 16.6. The lowest BCUT2D eigenvalue weighted by Gasteiger charge is -2.13. The van der Waals surface area contributed by atoms with Crippen LogP contribution >= 0.6 is 15.9 Å². The highest BCUT2D eigenvalue weighted by molar-refractivity contribution is 9.11. The summed E-state index contributed by atoms with van der Waals surface area (Å²) in [5.41, 5.74) is -0.00422. The molecule has 1 aliphatic rings. The third-order valence-corrected chi connectivity index (χ3v) is 2.86. The second-order valence-corrected chi connectivity index (χ2v) is 5.02. The van der Waals surface area contributed by atoms with Crippen molar-refractivity contribution in [3.05, 3.63) is 22.3 Å². The van der Waals surface area contributed by atoms with Gasteiger partial charge in [-0.25, -0.2) is 4.79 Å². The fourth-order valence-electron chi connectivity index (χ4n) is 1.42. The van der Waals surface area contributed by atoms with E-state index >= 15 is 0 Å². The molecule has 0 aromatic rings. The van der Waals surface area contributed by atoms with Gasteiger partial charge in [-0.15, -0.1) is 0 Å². The zero-order valence-corrected chi connectivity index (χ0v) is 11.6. The van der Waals surface area contributed by atoms with E-state index < -0.39 is 5.97 Å². The second-order valence-electron chi connectivity index (χ2n) is 4.11. The van der Waals surface area contributed by atoms with Gasteiger partial charge in [0.15, 0.2) is 6.29 Å². The van der Waals surface area contributed by atoms with E-state index in [0.717, 1.165) is 12.5 Å². The average molecular weight is 302 g/mol. The summed E-state index contributed by atoms with van der Waals surface area (Å²) in [5, 5.41) is 0. The topological polar surface area (TPSA) is 46.6 Å². The summed E-state index contributed by atoms with van der Waals surface area (Å²) in [7, 11) is 3.21. The Bertz CT molecular complexity index is 359. The minimum atomic E-state index is -0.629. The van der Waals surface area contributed by atoms with Crippen LogP contribution < -0.4 is 0 Å². The Labute approximate surface area is 109 Å². The molecule has 17 heavy (non-hydrogen) atoms. The van der Waals surface area contributed by atoms with Gasteiger partial charge in [-0.1, -0.05) is 0 Å². The summed E-state index contributed by atoms with van der Waals surface area (Å²) in [6.45, 7) is 0.998. The van der Waals surface area contributed by atoms with Gasteiger partial charge in [0.25, 0.3) is 0 Å². The van der Waals surface area contributed by atoms with E-state index in [9.17, 15) is 9.59 Å². The molecular weight excluding hydrogens is 286 g/mol. The number of halogens is 1. The van der Waals surface area contributed by atoms with E-state index in [1.807, 2.05) is 18.1 Å². The van der Waals surface area contributed by atoms with Crippen molar-refractivity contribution in [2.24, 2.45) is 5.92 Å². The molecule has 0 bridgehead atoms. The lowest BCUT2D eigenvalue weighted by atomic mass is 10.3. The quantitative estimate of drug-likeness (QED) is 0.188. The molecule has 5 heteroatoms. The Morgan fingerprint density at radius 2 is 2.18 bits per heavy atom. The van der Waals surface area contributed by atoms with Crippen LogP contribution in [0.3, 0.4) is 0 Å². The van der Waals surface area contributed by atoms with Crippen LogP contribution in [0, 0.1) is 5.92 Å². The summed E-state index contributed by atoms with van der Waals surface area (Å²) < 4.78 is 5.16. The summed E-state index contributed by atoms with van der Waals surface area (Å²) in [6, 6.07) is 0. The first kappa shape index (κ1) is 14.0. The summed E-state index contributed by atoms with van der Waals surface area (Å²) in [4.78, 5) is 23.9. The van der Waals surface area contributed by atoms with E-state index in [1.54, 1.807) is 0 Å². The molecule has 0 amide bonds. The largest absolute Gasteiger partial charge is 0.465 e. The number of ether oxygens (including phenoxy) is 1. The number of carbonyl (C=O) groups is 2. The molecule has 0 aromatic carbocycles. The molecule has 0 aromatic heterocycles. The number of nitrogens with zero attached hydrogens (tertiary/aromatic N) is 1. The maximum absolute atomic E-state index is 11.2. The highest BCUT2D eigenvalue weighted by atomic mass is 79.9. The molecule has 94 valence electrons. The Hall–Kier alpha value is -1.10. The van der Waals surface area contributed by atoms with Crippen molar-refractivity contribution < 1.29 is 14.3 Å². The van der Waals surface area contributed by atoms with Crippen molar-refractivity contribution in [2.75, 3.05) is 20.7 Å². The van der Waals surface area contributed by atoms with Crippen molar-refractivity contribution in [3.63, 3.8) is 0 Å². The van der Waals surface area contributed by atoms with Crippen molar-refractivity contribution in [2.45, 2.75) is 12.8 Å². The van der Waals surface area contributed by atoms with Gasteiger partial charge in [-0.2, -0.15) is 0 Å². The zero-order valence-electron chi connectivity index (χ0n) is 9.98. The molecule has 0 radical (unpaired) electrons. The van der Waals surface area contributed by atoms with Crippen molar-refractivity contribution in [3.8, 4) is 0 Å². The molecule has 0 N–H and O–H groups in total. The Morgan fingerprint density at radius 1 is 1.53 bits per heavy atom. The van der Waals surface area contributed by atoms with Gasteiger partial charge in [0.05, 0.1) is 7.11 Å². The summed E-state index contributed by atoms with van der Waals surface area (Å²) in [5.74, 6) is 0.155. The van der Waals surface area contributed by atoms with Crippen LogP contribution in [0.15, 0.2) is 22.3 Å². The van der Waals surface area contributed by atoms with Crippen LogP contribution in [-0.2, 0) is 14.3 Å². The number of hydrogen-bond acceptors (Lipinski definition) is 4. The fraction of sp³-hybridized carbons (Fsp3) is 0.500. The van der Waals surface area contributed by atoms with E-state index in [-0.39, 0.29) is 5.57 Å². The molecule has 1 aliphatic carbocycles. The minimum absolute atomic E-state index is 0.00422. The number of esters is 1. The van der Waals surface area contributed by atoms with E-state index in [1.165, 1.54) is 26.0 Å². The Kier molecular flexibility index (Phi) is 5.41. The highest BCUT2D eigenvalue weighted by Gasteiger charge is 2.21. The first-order valence-electron chi connectivity index (χ1n) is 5.39. The number of carbonyl (C=O) groups excluding carboxylic acids is 2. The molecule has 0 atom stereocenters. The number of rotatable bonds is 6. The predicted octanol–water partition coefficient (Wildman–Crippen LogP) is 1.86. The Balaban J connectivity index is 2.62. The third kappa shape index (κ3) is 5.17. The van der Waals surface area contributed by atoms with Gasteiger partial charge in [-0.05, 0) is 40.8 Å². The Morgan fingerprint density at radius 3 is 2.65 bits per heavy atom. The molecule has 0 aliphatic heterocycles. The molecule has 1 saturated carbocycles. The van der Waals surface area contributed by atoms with Crippen LogP contribution in [0.2, 0.25) is 0 Å². The second kappa shape index (κ2) is 6.59. The zero-order chi connectivity index (χ0) is 12.8. The van der Waals surface area contributed by atoms with Crippen LogP contribution in [-0.4, -0.2) is 37.9 Å². The van der Waals surface area contributed by atoms with Gasteiger partial charge in [0.2, 0.25) is 0 Å². The maximum Gasteiger partial charge on any atom is 0.341 e. The number of hydrogen-bond donors (Lipinski definition) is 0. The van der Waals surface area contributed by atoms with E-state index in [2.05, 4.69) is 20.7 Å². The van der Waals surface area contributed by atoms with Gasteiger partial charge >= 0.3 is 5.97 Å². The van der Waals surface area contributed by atoms with E-state index in [0.29, 0.717) is 10.8 Å². The fourth-order valence-corrected chi connectivity index (χ4v) is 2.01. The molecular formula is C12H16BrNO3. The first-order valence-corrected chi connectivity index (χ1v) is 6.19. The molecule has 0 unspecified atom stereocenters. The van der Waals surface area contributed by atoms with Crippen molar-refractivity contribution in [1.82, 2.24) is 4.90 Å². The van der Waals surface area contributed by atoms with Crippen molar-refractivity contribution in [1.29, 1.82) is 0 Å². The van der Waals surface area contributed by atoms with Gasteiger partial charge in [-0.3, -0.25) is 4.79 Å². The average Bonchev–Trinajstić information content (AvgIpc) is 3.08. The monoisotopic (exact) mass is 301 g/mol. The standard InChI is InChI=1S/C12H16BrNO3/c1-14(6-9-3-4-9)7-11(13)5-10(8-15)12(16)17-2/h5,7-9H,3-4,6H2,1-2H3/b10-5+,11-7+. The minimum Gasteiger partial charge on any atom is -0.465 e. The van der Waals surface area contributed by atoms with Crippen LogP contribution in [0.1, 0.15) is 12.8 Å². The molecule has 4 nitrogen and oxygen atoms in total. The maximum atomic E-state index is 11.2. The number of methoxy groups -OCH3 is 1.